The number of fused-ring (bicyclic) bond motifs is 2. The molecular formula is C28H30N6O2S. The average molecular weight is 515 g/mol. The number of para-hydroxylation sites is 1. The van der Waals surface area contributed by atoms with E-state index in [1.54, 1.807) is 37.4 Å². The maximum atomic E-state index is 12.4. The largest absolute Gasteiger partial charge is 0.490 e. The zero-order chi connectivity index (χ0) is 25.8. The summed E-state index contributed by atoms with van der Waals surface area (Å²) in [7, 11) is 3.72. The molecule has 0 saturated heterocycles. The molecule has 2 aromatic carbocycles. The molecule has 9 heteroatoms. The Morgan fingerprint density at radius 1 is 1.16 bits per heavy atom. The van der Waals surface area contributed by atoms with Crippen molar-refractivity contribution in [3.63, 3.8) is 0 Å². The minimum Gasteiger partial charge on any atom is -0.490 e. The minimum absolute atomic E-state index is 0.113. The van der Waals surface area contributed by atoms with Crippen LogP contribution in [-0.4, -0.2) is 66.7 Å². The summed E-state index contributed by atoms with van der Waals surface area (Å²) >= 11 is 1.78. The zero-order valence-electron chi connectivity index (χ0n) is 21.2. The molecule has 1 aliphatic rings. The lowest BCUT2D eigenvalue weighted by Gasteiger charge is -2.28. The summed E-state index contributed by atoms with van der Waals surface area (Å²) in [6, 6.07) is 15.9. The maximum absolute atomic E-state index is 12.4. The lowest BCUT2D eigenvalue weighted by atomic mass is 9.95. The summed E-state index contributed by atoms with van der Waals surface area (Å²) in [6.07, 6.45) is 5.40. The summed E-state index contributed by atoms with van der Waals surface area (Å²) in [4.78, 5) is 28.3. The van der Waals surface area contributed by atoms with Crippen LogP contribution in [0.3, 0.4) is 0 Å². The first-order chi connectivity index (χ1) is 18.1. The number of hydrogen-bond donors (Lipinski definition) is 2. The number of aromatic nitrogens is 3. The molecule has 0 radical (unpaired) electrons. The Bertz CT molecular complexity index is 1430. The number of nitrogens with one attached hydrogen (secondary N) is 2. The van der Waals surface area contributed by atoms with Crippen molar-refractivity contribution >= 4 is 40.1 Å². The Morgan fingerprint density at radius 3 is 2.89 bits per heavy atom. The molecule has 190 valence electrons. The van der Waals surface area contributed by atoms with Crippen LogP contribution in [0, 0.1) is 0 Å². The first-order valence-electron chi connectivity index (χ1n) is 12.2. The van der Waals surface area contributed by atoms with Gasteiger partial charge in [-0.2, -0.15) is 11.8 Å². The van der Waals surface area contributed by atoms with Crippen LogP contribution < -0.4 is 20.3 Å². The monoisotopic (exact) mass is 514 g/mol. The molecule has 0 bridgehead atoms. The van der Waals surface area contributed by atoms with E-state index in [2.05, 4.69) is 55.9 Å². The van der Waals surface area contributed by atoms with E-state index >= 15 is 0 Å². The van der Waals surface area contributed by atoms with Crippen molar-refractivity contribution in [1.82, 2.24) is 20.3 Å². The third-order valence-electron chi connectivity index (χ3n) is 6.63. The molecule has 0 fully saturated rings. The van der Waals surface area contributed by atoms with Crippen molar-refractivity contribution < 1.29 is 9.53 Å². The Labute approximate surface area is 220 Å². The van der Waals surface area contributed by atoms with E-state index in [1.165, 1.54) is 0 Å². The van der Waals surface area contributed by atoms with Gasteiger partial charge in [-0.25, -0.2) is 9.97 Å². The van der Waals surface area contributed by atoms with Gasteiger partial charge in [0.2, 0.25) is 0 Å². The summed E-state index contributed by atoms with van der Waals surface area (Å²) in [5.41, 5.74) is 5.53. The predicted octanol–water partition coefficient (Wildman–Crippen LogP) is 4.44. The van der Waals surface area contributed by atoms with Crippen molar-refractivity contribution in [3.8, 4) is 17.0 Å². The third-order valence-corrected chi connectivity index (χ3v) is 7.36. The van der Waals surface area contributed by atoms with Gasteiger partial charge in [0.25, 0.3) is 5.91 Å². The van der Waals surface area contributed by atoms with Gasteiger partial charge in [-0.3, -0.25) is 9.78 Å². The molecule has 37 heavy (non-hydrogen) atoms. The molecule has 0 spiro atoms. The van der Waals surface area contributed by atoms with E-state index < -0.39 is 0 Å². The number of nitrogens with zero attached hydrogens (tertiary/aromatic N) is 4. The molecule has 8 nitrogen and oxygen atoms in total. The van der Waals surface area contributed by atoms with Crippen LogP contribution in [0.5, 0.6) is 5.75 Å². The quantitative estimate of drug-likeness (QED) is 0.357. The van der Waals surface area contributed by atoms with Gasteiger partial charge in [0, 0.05) is 55.5 Å². The second-order valence-electron chi connectivity index (χ2n) is 8.96. The second kappa shape index (κ2) is 11.0. The number of thioether (sulfide) groups is 1. The molecule has 5 rings (SSSR count). The van der Waals surface area contributed by atoms with Gasteiger partial charge in [0.15, 0.2) is 0 Å². The number of ether oxygens (including phenoxy) is 1. The molecule has 2 N–H and O–H groups in total. The average Bonchev–Trinajstić information content (AvgIpc) is 2.94. The highest BCUT2D eigenvalue weighted by molar-refractivity contribution is 7.98. The van der Waals surface area contributed by atoms with Crippen LogP contribution >= 0.6 is 11.8 Å². The van der Waals surface area contributed by atoms with Crippen molar-refractivity contribution in [2.45, 2.75) is 5.92 Å². The predicted molar refractivity (Wildman–Crippen MR) is 151 cm³/mol. The smallest absolute Gasteiger partial charge is 0.251 e. The molecule has 1 atom stereocenters. The molecule has 1 aliphatic heterocycles. The number of hydrogen-bond acceptors (Lipinski definition) is 8. The fraction of sp³-hybridized carbons (Fsp3) is 0.286. The van der Waals surface area contributed by atoms with Gasteiger partial charge in [-0.15, -0.1) is 0 Å². The van der Waals surface area contributed by atoms with Crippen LogP contribution in [-0.2, 0) is 0 Å². The summed E-state index contributed by atoms with van der Waals surface area (Å²) < 4.78 is 5.78. The van der Waals surface area contributed by atoms with E-state index in [-0.39, 0.29) is 11.8 Å². The van der Waals surface area contributed by atoms with E-state index in [1.807, 2.05) is 30.3 Å². The van der Waals surface area contributed by atoms with Crippen LogP contribution in [0.1, 0.15) is 21.8 Å². The van der Waals surface area contributed by atoms with E-state index in [0.717, 1.165) is 57.3 Å². The van der Waals surface area contributed by atoms with Crippen LogP contribution in [0.25, 0.3) is 22.2 Å². The maximum Gasteiger partial charge on any atom is 0.251 e. The highest BCUT2D eigenvalue weighted by atomic mass is 32.2. The number of amides is 1. The second-order valence-corrected chi connectivity index (χ2v) is 9.87. The van der Waals surface area contributed by atoms with Crippen LogP contribution in [0.15, 0.2) is 61.1 Å². The standard InChI is InChI=1S/C28H30N6O2S/c1-29-28(35)22-9-10-30-27-20(5-4-6-21(22)27)19(16-37-3)15-31-26-14-23(32-17-33-26)18-7-8-25-24(13-18)34(2)11-12-36-25/h4-10,13-14,17,19H,11-12,15-16H2,1-3H3,(H,29,35)(H,31,32,33). The van der Waals surface area contributed by atoms with E-state index in [4.69, 9.17) is 4.74 Å². The molecule has 3 heterocycles. The molecule has 4 aromatic rings. The zero-order valence-corrected chi connectivity index (χ0v) is 22.0. The Morgan fingerprint density at radius 2 is 2.05 bits per heavy atom. The van der Waals surface area contributed by atoms with Gasteiger partial charge in [0.1, 0.15) is 24.5 Å². The lowest BCUT2D eigenvalue weighted by molar-refractivity contribution is 0.0964. The van der Waals surface area contributed by atoms with Crippen LogP contribution in [0.2, 0.25) is 0 Å². The number of carbonyl (C=O) groups is 1. The summed E-state index contributed by atoms with van der Waals surface area (Å²) in [5.74, 6) is 2.61. The van der Waals surface area contributed by atoms with Gasteiger partial charge < -0.3 is 20.3 Å². The third kappa shape index (κ3) is 5.17. The molecule has 1 unspecified atom stereocenters. The Kier molecular flexibility index (Phi) is 7.41. The van der Waals surface area contributed by atoms with Crippen molar-refractivity contribution in [1.29, 1.82) is 0 Å². The highest BCUT2D eigenvalue weighted by Gasteiger charge is 2.19. The summed E-state index contributed by atoms with van der Waals surface area (Å²) in [6.45, 7) is 2.22. The SMILES string of the molecule is CNC(=O)c1ccnc2c(C(CNc3cc(-c4ccc5c(c4)N(C)CCO5)ncn3)CSC)cccc12. The Balaban J connectivity index is 1.40. The highest BCUT2D eigenvalue weighted by Crippen LogP contribution is 2.35. The van der Waals surface area contributed by atoms with E-state index in [0.29, 0.717) is 18.7 Å². The Hall–Kier alpha value is -3.85. The van der Waals surface area contributed by atoms with Crippen LogP contribution in [0.4, 0.5) is 11.5 Å². The normalized spacial score (nSPS) is 13.5. The first kappa shape index (κ1) is 24.8. The van der Waals surface area contributed by atoms with Gasteiger partial charge in [-0.05, 0) is 36.1 Å². The fourth-order valence-electron chi connectivity index (χ4n) is 4.67. The van der Waals surface area contributed by atoms with Gasteiger partial charge >= 0.3 is 0 Å². The van der Waals surface area contributed by atoms with Crippen molar-refractivity contribution in [2.75, 3.05) is 56.0 Å². The summed E-state index contributed by atoms with van der Waals surface area (Å²) in [5, 5.41) is 7.10. The molecule has 1 amide bonds. The number of anilines is 2. The number of benzene rings is 2. The molecule has 0 saturated carbocycles. The van der Waals surface area contributed by atoms with E-state index in [9.17, 15) is 4.79 Å². The van der Waals surface area contributed by atoms with Gasteiger partial charge in [0.05, 0.1) is 29.0 Å². The molecular weight excluding hydrogens is 484 g/mol. The number of likely N-dealkylation sites (N-methyl/N-ethyl adjacent to an activating group) is 1. The first-order valence-corrected chi connectivity index (χ1v) is 13.6. The van der Waals surface area contributed by atoms with Gasteiger partial charge in [-0.1, -0.05) is 18.2 Å². The fourth-order valence-corrected chi connectivity index (χ4v) is 5.37. The molecule has 2 aromatic heterocycles. The number of carbonyl (C=O) groups excluding carboxylic acids is 1. The topological polar surface area (TPSA) is 92.3 Å². The number of rotatable bonds is 8. The van der Waals surface area contributed by atoms with Crippen molar-refractivity contribution in [3.05, 3.63) is 72.2 Å². The minimum atomic E-state index is -0.113. The number of pyridine rings is 1. The van der Waals surface area contributed by atoms with Crippen molar-refractivity contribution in [2.24, 2.45) is 0 Å². The lowest BCUT2D eigenvalue weighted by Crippen LogP contribution is -2.28. The molecule has 0 aliphatic carbocycles.